The van der Waals surface area contributed by atoms with Gasteiger partial charge in [-0.05, 0) is 24.3 Å². The van der Waals surface area contributed by atoms with Crippen LogP contribution in [0.5, 0.6) is 0 Å². The van der Waals surface area contributed by atoms with Crippen molar-refractivity contribution in [2.24, 2.45) is 5.73 Å². The van der Waals surface area contributed by atoms with Gasteiger partial charge in [-0.25, -0.2) is 4.98 Å². The summed E-state index contributed by atoms with van der Waals surface area (Å²) in [5, 5.41) is 4.40. The Morgan fingerprint density at radius 1 is 0.960 bits per heavy atom. The molecule has 0 saturated heterocycles. The lowest BCUT2D eigenvalue weighted by Gasteiger charge is -2.06. The first-order valence-electron chi connectivity index (χ1n) is 7.71. The van der Waals surface area contributed by atoms with Gasteiger partial charge in [0.15, 0.2) is 5.69 Å². The number of rotatable bonds is 3. The van der Waals surface area contributed by atoms with Crippen molar-refractivity contribution in [3.8, 4) is 0 Å². The lowest BCUT2D eigenvalue weighted by Crippen LogP contribution is -2.19. The van der Waals surface area contributed by atoms with E-state index in [1.165, 1.54) is 0 Å². The molecule has 122 valence electrons. The van der Waals surface area contributed by atoms with Gasteiger partial charge < -0.3 is 16.0 Å². The molecule has 4 aromatic rings. The van der Waals surface area contributed by atoms with Gasteiger partial charge in [0.25, 0.3) is 11.8 Å². The van der Waals surface area contributed by atoms with Crippen LogP contribution in [-0.2, 0) is 0 Å². The second-order valence-corrected chi connectivity index (χ2v) is 5.63. The molecule has 25 heavy (non-hydrogen) atoms. The number of para-hydroxylation sites is 2. The van der Waals surface area contributed by atoms with Gasteiger partial charge in [-0.15, -0.1) is 0 Å². The number of amides is 2. The van der Waals surface area contributed by atoms with Gasteiger partial charge in [0, 0.05) is 22.0 Å². The maximum Gasteiger partial charge on any atom is 0.274 e. The molecule has 6 heteroatoms. The van der Waals surface area contributed by atoms with Crippen molar-refractivity contribution < 1.29 is 9.59 Å². The van der Waals surface area contributed by atoms with Crippen LogP contribution >= 0.6 is 0 Å². The van der Waals surface area contributed by atoms with Gasteiger partial charge in [0.2, 0.25) is 0 Å². The van der Waals surface area contributed by atoms with Gasteiger partial charge in [0.05, 0.1) is 5.52 Å². The Bertz CT molecular complexity index is 1120. The van der Waals surface area contributed by atoms with Crippen molar-refractivity contribution in [2.45, 2.75) is 0 Å². The van der Waals surface area contributed by atoms with Crippen LogP contribution in [0.25, 0.3) is 21.8 Å². The number of aromatic amines is 1. The quantitative estimate of drug-likeness (QED) is 0.538. The van der Waals surface area contributed by atoms with Crippen LogP contribution < -0.4 is 11.1 Å². The zero-order valence-electron chi connectivity index (χ0n) is 13.1. The van der Waals surface area contributed by atoms with E-state index in [0.717, 1.165) is 16.3 Å². The monoisotopic (exact) mass is 330 g/mol. The molecular formula is C19H14N4O2. The zero-order valence-corrected chi connectivity index (χ0v) is 13.1. The number of pyridine rings is 1. The second-order valence-electron chi connectivity index (χ2n) is 5.63. The molecule has 0 radical (unpaired) electrons. The Balaban J connectivity index is 1.88. The minimum Gasteiger partial charge on any atom is -0.364 e. The molecule has 2 heterocycles. The largest absolute Gasteiger partial charge is 0.364 e. The predicted octanol–water partition coefficient (Wildman–Crippen LogP) is 3.07. The summed E-state index contributed by atoms with van der Waals surface area (Å²) in [5.74, 6) is -1.09. The highest BCUT2D eigenvalue weighted by atomic mass is 16.2. The number of carbonyl (C=O) groups excluding carboxylic acids is 2. The summed E-state index contributed by atoms with van der Waals surface area (Å²) in [6, 6.07) is 18.3. The van der Waals surface area contributed by atoms with Gasteiger partial charge in [-0.2, -0.15) is 0 Å². The maximum atomic E-state index is 12.6. The van der Waals surface area contributed by atoms with Crippen LogP contribution in [0.2, 0.25) is 0 Å². The highest BCUT2D eigenvalue weighted by Gasteiger charge is 2.18. The summed E-state index contributed by atoms with van der Waals surface area (Å²) in [7, 11) is 0. The van der Waals surface area contributed by atoms with Crippen molar-refractivity contribution in [3.63, 3.8) is 0 Å². The minimum absolute atomic E-state index is 0.0481. The van der Waals surface area contributed by atoms with E-state index in [4.69, 9.17) is 5.73 Å². The molecule has 4 N–H and O–H groups in total. The molecule has 4 rings (SSSR count). The third kappa shape index (κ3) is 2.59. The van der Waals surface area contributed by atoms with Crippen molar-refractivity contribution in [1.82, 2.24) is 9.97 Å². The summed E-state index contributed by atoms with van der Waals surface area (Å²) >= 11 is 0. The highest BCUT2D eigenvalue weighted by Crippen LogP contribution is 2.27. The summed E-state index contributed by atoms with van der Waals surface area (Å²) in [6.45, 7) is 0. The van der Waals surface area contributed by atoms with E-state index < -0.39 is 11.8 Å². The summed E-state index contributed by atoms with van der Waals surface area (Å²) in [5.41, 5.74) is 7.68. The number of aromatic nitrogens is 2. The molecule has 0 saturated carbocycles. The number of H-pyrrole nitrogens is 1. The summed E-state index contributed by atoms with van der Waals surface area (Å²) in [4.78, 5) is 31.7. The third-order valence-electron chi connectivity index (χ3n) is 3.99. The van der Waals surface area contributed by atoms with Gasteiger partial charge >= 0.3 is 0 Å². The first kappa shape index (κ1) is 14.9. The molecule has 0 fully saturated rings. The molecule has 2 aromatic carbocycles. The maximum absolute atomic E-state index is 12.6. The predicted molar refractivity (Wildman–Crippen MR) is 96.5 cm³/mol. The van der Waals surface area contributed by atoms with Crippen LogP contribution in [0.15, 0.2) is 60.7 Å². The SMILES string of the molecule is NC(=O)c1nc(C(=O)Nc2ccccc2)cc2c1[nH]c1ccccc12. The molecule has 0 bridgehead atoms. The molecule has 6 nitrogen and oxygen atoms in total. The van der Waals surface area contributed by atoms with Crippen molar-refractivity contribution in [1.29, 1.82) is 0 Å². The number of benzene rings is 2. The molecule has 2 amide bonds. The molecule has 0 aliphatic heterocycles. The Labute approximate surface area is 142 Å². The Kier molecular flexibility index (Phi) is 3.43. The Morgan fingerprint density at radius 3 is 2.44 bits per heavy atom. The molecule has 2 aromatic heterocycles. The fraction of sp³-hybridized carbons (Fsp3) is 0. The number of hydrogen-bond acceptors (Lipinski definition) is 3. The zero-order chi connectivity index (χ0) is 17.4. The van der Waals surface area contributed by atoms with E-state index in [0.29, 0.717) is 11.2 Å². The number of nitrogens with zero attached hydrogens (tertiary/aromatic N) is 1. The van der Waals surface area contributed by atoms with Gasteiger partial charge in [-0.1, -0.05) is 36.4 Å². The first-order chi connectivity index (χ1) is 12.1. The van der Waals surface area contributed by atoms with E-state index in [2.05, 4.69) is 15.3 Å². The summed E-state index contributed by atoms with van der Waals surface area (Å²) < 4.78 is 0. The van der Waals surface area contributed by atoms with E-state index in [9.17, 15) is 9.59 Å². The fourth-order valence-electron chi connectivity index (χ4n) is 2.86. The lowest BCUT2D eigenvalue weighted by atomic mass is 10.1. The van der Waals surface area contributed by atoms with E-state index in [1.807, 2.05) is 42.5 Å². The number of nitrogens with two attached hydrogens (primary N) is 1. The summed E-state index contributed by atoms with van der Waals surface area (Å²) in [6.07, 6.45) is 0. The molecular weight excluding hydrogens is 316 g/mol. The average Bonchev–Trinajstić information content (AvgIpc) is 3.00. The Morgan fingerprint density at radius 2 is 1.68 bits per heavy atom. The van der Waals surface area contributed by atoms with E-state index in [-0.39, 0.29) is 11.4 Å². The average molecular weight is 330 g/mol. The second kappa shape index (κ2) is 5.76. The van der Waals surface area contributed by atoms with Crippen molar-refractivity contribution >= 4 is 39.3 Å². The number of primary amides is 1. The lowest BCUT2D eigenvalue weighted by molar-refractivity contribution is 0.0997. The minimum atomic E-state index is -0.689. The smallest absolute Gasteiger partial charge is 0.274 e. The number of fused-ring (bicyclic) bond motifs is 3. The molecule has 0 spiro atoms. The van der Waals surface area contributed by atoms with Crippen LogP contribution in [0, 0.1) is 0 Å². The normalized spacial score (nSPS) is 10.9. The number of carbonyl (C=O) groups is 2. The third-order valence-corrected chi connectivity index (χ3v) is 3.99. The fourth-order valence-corrected chi connectivity index (χ4v) is 2.86. The number of hydrogen-bond donors (Lipinski definition) is 3. The van der Waals surface area contributed by atoms with Gasteiger partial charge in [-0.3, -0.25) is 9.59 Å². The van der Waals surface area contributed by atoms with Crippen LogP contribution in [0.1, 0.15) is 21.0 Å². The highest BCUT2D eigenvalue weighted by molar-refractivity contribution is 6.16. The standard InChI is InChI=1S/C19H14N4O2/c20-18(24)17-16-13(12-8-4-5-9-14(12)22-16)10-15(23-17)19(25)21-11-6-2-1-3-7-11/h1-10,22H,(H2,20,24)(H,21,25). The Hall–Kier alpha value is -3.67. The first-order valence-corrected chi connectivity index (χ1v) is 7.71. The van der Waals surface area contributed by atoms with Crippen LogP contribution in [0.4, 0.5) is 5.69 Å². The van der Waals surface area contributed by atoms with Crippen LogP contribution in [-0.4, -0.2) is 21.8 Å². The molecule has 0 aliphatic carbocycles. The van der Waals surface area contributed by atoms with Crippen LogP contribution in [0.3, 0.4) is 0 Å². The van der Waals surface area contributed by atoms with E-state index >= 15 is 0 Å². The number of nitrogens with one attached hydrogen (secondary N) is 2. The number of anilines is 1. The van der Waals surface area contributed by atoms with Crippen molar-refractivity contribution in [3.05, 3.63) is 72.1 Å². The van der Waals surface area contributed by atoms with Crippen molar-refractivity contribution in [2.75, 3.05) is 5.32 Å². The molecule has 0 atom stereocenters. The molecule has 0 aliphatic rings. The topological polar surface area (TPSA) is 101 Å². The van der Waals surface area contributed by atoms with E-state index in [1.54, 1.807) is 18.2 Å². The van der Waals surface area contributed by atoms with Gasteiger partial charge in [0.1, 0.15) is 5.69 Å². The molecule has 0 unspecified atom stereocenters.